The van der Waals surface area contributed by atoms with Gasteiger partial charge in [0.25, 0.3) is 0 Å². The van der Waals surface area contributed by atoms with E-state index in [9.17, 15) is 4.39 Å². The van der Waals surface area contributed by atoms with Crippen molar-refractivity contribution < 1.29 is 4.39 Å². The molecular weight excluding hydrogens is 395 g/mol. The average Bonchev–Trinajstić information content (AvgIpc) is 3.10. The molecule has 0 spiro atoms. The summed E-state index contributed by atoms with van der Waals surface area (Å²) in [6, 6.07) is 14.3. The zero-order valence-corrected chi connectivity index (χ0v) is 17.1. The number of benzene rings is 2. The second-order valence-electron chi connectivity index (χ2n) is 6.97. The maximum Gasteiger partial charge on any atom is 0.196 e. The van der Waals surface area contributed by atoms with Crippen molar-refractivity contribution in [3.05, 3.63) is 70.8 Å². The molecule has 1 fully saturated rings. The van der Waals surface area contributed by atoms with Gasteiger partial charge in [-0.05, 0) is 67.9 Å². The minimum atomic E-state index is -0.248. The number of halogens is 2. The minimum Gasteiger partial charge on any atom is -0.296 e. The van der Waals surface area contributed by atoms with Crippen LogP contribution in [0.25, 0.3) is 5.69 Å². The topological polar surface area (TPSA) is 34.0 Å². The molecule has 0 radical (unpaired) electrons. The molecule has 0 unspecified atom stereocenters. The highest BCUT2D eigenvalue weighted by atomic mass is 35.5. The van der Waals surface area contributed by atoms with E-state index in [1.807, 2.05) is 28.8 Å². The van der Waals surface area contributed by atoms with Crippen molar-refractivity contribution in [2.45, 2.75) is 36.7 Å². The lowest BCUT2D eigenvalue weighted by Gasteiger charge is -2.26. The smallest absolute Gasteiger partial charge is 0.196 e. The van der Waals surface area contributed by atoms with Crippen molar-refractivity contribution in [1.29, 1.82) is 0 Å². The first-order chi connectivity index (χ1) is 13.7. The zero-order valence-electron chi connectivity index (χ0n) is 15.5. The molecule has 4 nitrogen and oxygen atoms in total. The molecule has 1 aliphatic heterocycles. The number of thioether (sulfide) groups is 1. The summed E-state index contributed by atoms with van der Waals surface area (Å²) >= 11 is 7.71. The van der Waals surface area contributed by atoms with E-state index in [2.05, 4.69) is 15.1 Å². The van der Waals surface area contributed by atoms with Crippen molar-refractivity contribution in [1.82, 2.24) is 19.7 Å². The number of piperidine rings is 1. The van der Waals surface area contributed by atoms with Gasteiger partial charge in [0, 0.05) is 16.5 Å². The van der Waals surface area contributed by atoms with E-state index in [1.54, 1.807) is 23.9 Å². The van der Waals surface area contributed by atoms with Gasteiger partial charge in [-0.15, -0.1) is 10.2 Å². The first-order valence-corrected chi connectivity index (χ1v) is 10.9. The van der Waals surface area contributed by atoms with Gasteiger partial charge in [0.05, 0.1) is 6.54 Å². The first kappa shape index (κ1) is 19.4. The average molecular weight is 417 g/mol. The molecule has 1 aliphatic rings. The Morgan fingerprint density at radius 1 is 1.00 bits per heavy atom. The van der Waals surface area contributed by atoms with E-state index < -0.39 is 0 Å². The number of aromatic nitrogens is 3. The Kier molecular flexibility index (Phi) is 6.29. The third-order valence-electron chi connectivity index (χ3n) is 4.86. The predicted molar refractivity (Wildman–Crippen MR) is 111 cm³/mol. The molecule has 1 saturated heterocycles. The molecule has 7 heteroatoms. The molecule has 0 N–H and O–H groups in total. The summed E-state index contributed by atoms with van der Waals surface area (Å²) in [6.45, 7) is 2.92. The van der Waals surface area contributed by atoms with Gasteiger partial charge < -0.3 is 0 Å². The highest BCUT2D eigenvalue weighted by Crippen LogP contribution is 2.27. The second kappa shape index (κ2) is 9.07. The van der Waals surface area contributed by atoms with Gasteiger partial charge in [-0.25, -0.2) is 4.39 Å². The molecule has 4 rings (SSSR count). The molecule has 0 bridgehead atoms. The summed E-state index contributed by atoms with van der Waals surface area (Å²) in [7, 11) is 0. The third kappa shape index (κ3) is 4.74. The number of likely N-dealkylation sites (tertiary alicyclic amines) is 1. The Hall–Kier alpha value is -1.89. The fourth-order valence-electron chi connectivity index (χ4n) is 3.44. The summed E-state index contributed by atoms with van der Waals surface area (Å²) in [5, 5.41) is 10.4. The molecule has 2 heterocycles. The van der Waals surface area contributed by atoms with E-state index in [1.165, 1.54) is 31.4 Å². The number of hydrogen-bond donors (Lipinski definition) is 0. The first-order valence-electron chi connectivity index (χ1n) is 9.49. The van der Waals surface area contributed by atoms with E-state index in [-0.39, 0.29) is 5.82 Å². The quantitative estimate of drug-likeness (QED) is 0.508. The summed E-state index contributed by atoms with van der Waals surface area (Å²) < 4.78 is 15.5. The van der Waals surface area contributed by atoms with E-state index in [4.69, 9.17) is 11.6 Å². The third-order valence-corrected chi connectivity index (χ3v) is 6.09. The molecule has 2 aromatic carbocycles. The largest absolute Gasteiger partial charge is 0.296 e. The summed E-state index contributed by atoms with van der Waals surface area (Å²) in [6.07, 6.45) is 3.74. The SMILES string of the molecule is Fc1ccc(-n2c(CN3CCCCC3)nnc2SCc2cccc(Cl)c2)cc1. The standard InChI is InChI=1S/C21H22ClFN4S/c22-17-6-4-5-16(13-17)15-28-21-25-24-20(14-26-11-2-1-3-12-26)27(21)19-9-7-18(23)8-10-19/h4-10,13H,1-3,11-12,14-15H2. The van der Waals surface area contributed by atoms with Crippen LogP contribution in [0.2, 0.25) is 5.02 Å². The van der Waals surface area contributed by atoms with E-state index in [0.717, 1.165) is 52.6 Å². The van der Waals surface area contributed by atoms with Crippen LogP contribution in [0.15, 0.2) is 53.7 Å². The fourth-order valence-corrected chi connectivity index (χ4v) is 4.56. The molecule has 0 amide bonds. The van der Waals surface area contributed by atoms with Crippen molar-refractivity contribution >= 4 is 23.4 Å². The van der Waals surface area contributed by atoms with Crippen molar-refractivity contribution in [2.75, 3.05) is 13.1 Å². The van der Waals surface area contributed by atoms with Crippen LogP contribution in [0.5, 0.6) is 0 Å². The Bertz CT molecular complexity index is 922. The van der Waals surface area contributed by atoms with Gasteiger partial charge in [-0.3, -0.25) is 9.47 Å². The molecule has 0 saturated carbocycles. The highest BCUT2D eigenvalue weighted by Gasteiger charge is 2.19. The molecule has 0 atom stereocenters. The van der Waals surface area contributed by atoms with Crippen LogP contribution in [0.1, 0.15) is 30.7 Å². The van der Waals surface area contributed by atoms with Crippen LogP contribution in [0.4, 0.5) is 4.39 Å². The number of hydrogen-bond acceptors (Lipinski definition) is 4. The molecule has 0 aliphatic carbocycles. The molecule has 146 valence electrons. The van der Waals surface area contributed by atoms with Gasteiger partial charge in [-0.2, -0.15) is 0 Å². The van der Waals surface area contributed by atoms with Gasteiger partial charge in [0.15, 0.2) is 11.0 Å². The van der Waals surface area contributed by atoms with Gasteiger partial charge in [-0.1, -0.05) is 41.9 Å². The lowest BCUT2D eigenvalue weighted by Crippen LogP contribution is -2.30. The fraction of sp³-hybridized carbons (Fsp3) is 0.333. The normalized spacial score (nSPS) is 15.1. The molecule has 28 heavy (non-hydrogen) atoms. The summed E-state index contributed by atoms with van der Waals surface area (Å²) in [4.78, 5) is 2.42. The number of rotatable bonds is 6. The van der Waals surface area contributed by atoms with Crippen LogP contribution in [0, 0.1) is 5.82 Å². The number of nitrogens with zero attached hydrogens (tertiary/aromatic N) is 4. The Balaban J connectivity index is 1.60. The molecule has 3 aromatic rings. The lowest BCUT2D eigenvalue weighted by atomic mass is 10.1. The van der Waals surface area contributed by atoms with Crippen LogP contribution in [-0.2, 0) is 12.3 Å². The van der Waals surface area contributed by atoms with Crippen molar-refractivity contribution in [2.24, 2.45) is 0 Å². The summed E-state index contributed by atoms with van der Waals surface area (Å²) in [5.74, 6) is 1.38. The van der Waals surface area contributed by atoms with Crippen molar-refractivity contribution in [3.8, 4) is 5.69 Å². The maximum atomic E-state index is 13.4. The zero-order chi connectivity index (χ0) is 19.3. The highest BCUT2D eigenvalue weighted by molar-refractivity contribution is 7.98. The van der Waals surface area contributed by atoms with Crippen LogP contribution in [-0.4, -0.2) is 32.8 Å². The van der Waals surface area contributed by atoms with Crippen molar-refractivity contribution in [3.63, 3.8) is 0 Å². The van der Waals surface area contributed by atoms with Gasteiger partial charge in [0.2, 0.25) is 0 Å². The molecular formula is C21H22ClFN4S. The van der Waals surface area contributed by atoms with Gasteiger partial charge in [0.1, 0.15) is 5.82 Å². The lowest BCUT2D eigenvalue weighted by molar-refractivity contribution is 0.214. The van der Waals surface area contributed by atoms with E-state index in [0.29, 0.717) is 0 Å². The molecule has 1 aromatic heterocycles. The Labute approximate surface area is 173 Å². The van der Waals surface area contributed by atoms with Crippen LogP contribution in [0.3, 0.4) is 0 Å². The monoisotopic (exact) mass is 416 g/mol. The Morgan fingerprint density at radius 3 is 2.54 bits per heavy atom. The van der Waals surface area contributed by atoms with Gasteiger partial charge >= 0.3 is 0 Å². The Morgan fingerprint density at radius 2 is 1.79 bits per heavy atom. The minimum absolute atomic E-state index is 0.248. The second-order valence-corrected chi connectivity index (χ2v) is 8.34. The van der Waals surface area contributed by atoms with E-state index >= 15 is 0 Å². The summed E-state index contributed by atoms with van der Waals surface area (Å²) in [5.41, 5.74) is 2.01. The van der Waals surface area contributed by atoms with Crippen LogP contribution >= 0.6 is 23.4 Å². The van der Waals surface area contributed by atoms with Crippen LogP contribution < -0.4 is 0 Å². The maximum absolute atomic E-state index is 13.4. The predicted octanol–water partition coefficient (Wildman–Crippen LogP) is 5.34.